The predicted octanol–water partition coefficient (Wildman–Crippen LogP) is 3.23. The summed E-state index contributed by atoms with van der Waals surface area (Å²) in [6, 6.07) is 6.12. The van der Waals surface area contributed by atoms with E-state index < -0.39 is 0 Å². The molecule has 0 amide bonds. The summed E-state index contributed by atoms with van der Waals surface area (Å²) < 4.78 is 1.94. The summed E-state index contributed by atoms with van der Waals surface area (Å²) in [7, 11) is 0. The highest BCUT2D eigenvalue weighted by Gasteiger charge is 2.21. The van der Waals surface area contributed by atoms with E-state index in [1.807, 2.05) is 29.8 Å². The molecule has 0 aliphatic carbocycles. The Morgan fingerprint density at radius 2 is 1.95 bits per heavy atom. The van der Waals surface area contributed by atoms with E-state index in [2.05, 4.69) is 36.3 Å². The molecule has 1 aromatic carbocycles. The van der Waals surface area contributed by atoms with Gasteiger partial charge in [0.25, 0.3) is 0 Å². The van der Waals surface area contributed by atoms with Crippen LogP contribution in [-0.2, 0) is 0 Å². The molecule has 0 spiro atoms. The van der Waals surface area contributed by atoms with E-state index in [-0.39, 0.29) is 6.04 Å². The Hall–Kier alpha value is -1.91. The molecule has 0 saturated carbocycles. The Kier molecular flexibility index (Phi) is 4.37. The van der Waals surface area contributed by atoms with Gasteiger partial charge in [-0.3, -0.25) is 0 Å². The van der Waals surface area contributed by atoms with Crippen molar-refractivity contribution in [1.82, 2.24) is 20.2 Å². The normalized spacial score (nSPS) is 12.8. The Balaban J connectivity index is 2.42. The lowest BCUT2D eigenvalue weighted by Crippen LogP contribution is -2.18. The predicted molar refractivity (Wildman–Crippen MR) is 81.2 cm³/mol. The van der Waals surface area contributed by atoms with Gasteiger partial charge in [-0.2, -0.15) is 0 Å². The molecule has 20 heavy (non-hydrogen) atoms. The molecule has 0 bridgehead atoms. The topological polar surface area (TPSA) is 69.6 Å². The monoisotopic (exact) mass is 273 g/mol. The van der Waals surface area contributed by atoms with E-state index >= 15 is 0 Å². The molecule has 1 atom stereocenters. The molecule has 2 aromatic rings. The molecule has 0 aliphatic rings. The first-order chi connectivity index (χ1) is 9.58. The maximum Gasteiger partial charge on any atom is 0.182 e. The number of aryl methyl sites for hydroxylation is 1. The smallest absolute Gasteiger partial charge is 0.182 e. The number of nitrogens with zero attached hydrogens (tertiary/aromatic N) is 4. The summed E-state index contributed by atoms with van der Waals surface area (Å²) in [6.07, 6.45) is 2.25. The van der Waals surface area contributed by atoms with Gasteiger partial charge in [-0.15, -0.1) is 5.10 Å². The molecule has 5 nitrogen and oxygen atoms in total. The van der Waals surface area contributed by atoms with E-state index in [9.17, 15) is 0 Å². The Labute approximate surface area is 120 Å². The van der Waals surface area contributed by atoms with E-state index in [1.54, 1.807) is 0 Å². The zero-order valence-corrected chi connectivity index (χ0v) is 12.7. The summed E-state index contributed by atoms with van der Waals surface area (Å²) in [5, 5.41) is 12.3. The lowest BCUT2D eigenvalue weighted by Gasteiger charge is -2.22. The first kappa shape index (κ1) is 14.5. The molecule has 1 unspecified atom stereocenters. The van der Waals surface area contributed by atoms with Crippen molar-refractivity contribution >= 4 is 5.69 Å². The number of benzene rings is 1. The van der Waals surface area contributed by atoms with Crippen LogP contribution in [0.25, 0.3) is 11.4 Å². The number of hydrogen-bond acceptors (Lipinski definition) is 4. The minimum Gasteiger partial charge on any atom is -0.399 e. The van der Waals surface area contributed by atoms with Crippen molar-refractivity contribution in [2.45, 2.75) is 46.6 Å². The maximum absolute atomic E-state index is 5.81. The second-order valence-corrected chi connectivity index (χ2v) is 5.34. The van der Waals surface area contributed by atoms with Crippen molar-refractivity contribution in [3.8, 4) is 11.4 Å². The molecule has 0 radical (unpaired) electrons. The van der Waals surface area contributed by atoms with Gasteiger partial charge < -0.3 is 5.73 Å². The number of nitrogen functional groups attached to an aromatic ring is 1. The average Bonchev–Trinajstić information content (AvgIpc) is 2.89. The molecule has 1 aromatic heterocycles. The summed E-state index contributed by atoms with van der Waals surface area (Å²) >= 11 is 0. The number of aromatic nitrogens is 4. The van der Waals surface area contributed by atoms with Crippen molar-refractivity contribution < 1.29 is 0 Å². The van der Waals surface area contributed by atoms with Gasteiger partial charge in [-0.25, -0.2) is 4.68 Å². The summed E-state index contributed by atoms with van der Waals surface area (Å²) in [5.74, 6) is 1.40. The fourth-order valence-electron chi connectivity index (χ4n) is 2.75. The second-order valence-electron chi connectivity index (χ2n) is 5.34. The third-order valence-corrected chi connectivity index (χ3v) is 4.10. The van der Waals surface area contributed by atoms with E-state index in [4.69, 9.17) is 5.73 Å². The van der Waals surface area contributed by atoms with Crippen LogP contribution >= 0.6 is 0 Å². The van der Waals surface area contributed by atoms with Gasteiger partial charge in [0.05, 0.1) is 6.04 Å². The van der Waals surface area contributed by atoms with Crippen LogP contribution in [0.2, 0.25) is 0 Å². The highest BCUT2D eigenvalue weighted by atomic mass is 15.5. The van der Waals surface area contributed by atoms with Gasteiger partial charge >= 0.3 is 0 Å². The fourth-order valence-corrected chi connectivity index (χ4v) is 2.75. The zero-order chi connectivity index (χ0) is 14.7. The molecule has 5 heteroatoms. The third-order valence-electron chi connectivity index (χ3n) is 4.10. The number of anilines is 1. The van der Waals surface area contributed by atoms with Gasteiger partial charge in [-0.05, 0) is 54.0 Å². The largest absolute Gasteiger partial charge is 0.399 e. The van der Waals surface area contributed by atoms with Crippen molar-refractivity contribution in [3.63, 3.8) is 0 Å². The van der Waals surface area contributed by atoms with Crippen LogP contribution in [0.15, 0.2) is 18.2 Å². The molecule has 0 fully saturated rings. The summed E-state index contributed by atoms with van der Waals surface area (Å²) in [4.78, 5) is 0. The van der Waals surface area contributed by atoms with Crippen LogP contribution in [-0.4, -0.2) is 20.2 Å². The molecule has 2 N–H and O–H groups in total. The van der Waals surface area contributed by atoms with E-state index in [0.29, 0.717) is 5.92 Å². The molecular formula is C15H23N5. The lowest BCUT2D eigenvalue weighted by molar-refractivity contribution is 0.309. The van der Waals surface area contributed by atoms with Crippen LogP contribution < -0.4 is 5.73 Å². The molecular weight excluding hydrogens is 250 g/mol. The summed E-state index contributed by atoms with van der Waals surface area (Å²) in [5.41, 5.74) is 8.71. The molecule has 2 rings (SSSR count). The van der Waals surface area contributed by atoms with E-state index in [0.717, 1.165) is 35.5 Å². The lowest BCUT2D eigenvalue weighted by atomic mass is 9.95. The highest BCUT2D eigenvalue weighted by Crippen LogP contribution is 2.29. The second kappa shape index (κ2) is 6.03. The van der Waals surface area contributed by atoms with Crippen molar-refractivity contribution in [2.24, 2.45) is 5.92 Å². The van der Waals surface area contributed by atoms with Crippen LogP contribution in [0.5, 0.6) is 0 Å². The van der Waals surface area contributed by atoms with Crippen molar-refractivity contribution in [2.75, 3.05) is 5.73 Å². The van der Waals surface area contributed by atoms with Crippen molar-refractivity contribution in [3.05, 3.63) is 23.8 Å². The van der Waals surface area contributed by atoms with Gasteiger partial charge in [-0.1, -0.05) is 26.7 Å². The SMILES string of the molecule is CCC(CC)C(C)n1nnnc1-c1ccc(N)cc1C. The first-order valence-corrected chi connectivity index (χ1v) is 7.22. The molecule has 0 aliphatic heterocycles. The van der Waals surface area contributed by atoms with Crippen LogP contribution in [0.1, 0.15) is 45.2 Å². The first-order valence-electron chi connectivity index (χ1n) is 7.22. The van der Waals surface area contributed by atoms with Gasteiger partial charge in [0.2, 0.25) is 0 Å². The Bertz CT molecular complexity index is 571. The highest BCUT2D eigenvalue weighted by molar-refractivity contribution is 5.63. The minimum atomic E-state index is 0.284. The standard InChI is InChI=1S/C15H23N5/c1-5-12(6-2)11(4)20-15(17-18-19-20)14-8-7-13(16)9-10(14)3/h7-9,11-12H,5-6,16H2,1-4H3. The number of tetrazole rings is 1. The molecule has 0 saturated heterocycles. The third kappa shape index (κ3) is 2.66. The van der Waals surface area contributed by atoms with Gasteiger partial charge in [0.1, 0.15) is 0 Å². The quantitative estimate of drug-likeness (QED) is 0.849. The summed E-state index contributed by atoms with van der Waals surface area (Å²) in [6.45, 7) is 8.64. The number of nitrogens with two attached hydrogens (primary N) is 1. The molecule has 1 heterocycles. The Morgan fingerprint density at radius 1 is 1.25 bits per heavy atom. The number of hydrogen-bond donors (Lipinski definition) is 1. The van der Waals surface area contributed by atoms with Crippen molar-refractivity contribution in [1.29, 1.82) is 0 Å². The maximum atomic E-state index is 5.81. The molecule has 108 valence electrons. The van der Waals surface area contributed by atoms with Crippen LogP contribution in [0.4, 0.5) is 5.69 Å². The van der Waals surface area contributed by atoms with Crippen LogP contribution in [0, 0.1) is 12.8 Å². The van der Waals surface area contributed by atoms with Crippen LogP contribution in [0.3, 0.4) is 0 Å². The van der Waals surface area contributed by atoms with Gasteiger partial charge in [0, 0.05) is 11.3 Å². The number of rotatable bonds is 5. The average molecular weight is 273 g/mol. The zero-order valence-electron chi connectivity index (χ0n) is 12.7. The van der Waals surface area contributed by atoms with Gasteiger partial charge in [0.15, 0.2) is 5.82 Å². The minimum absolute atomic E-state index is 0.284. The Morgan fingerprint density at radius 3 is 2.55 bits per heavy atom. The van der Waals surface area contributed by atoms with E-state index in [1.165, 1.54) is 0 Å². The fraction of sp³-hybridized carbons (Fsp3) is 0.533.